The lowest BCUT2D eigenvalue weighted by molar-refractivity contribution is -0.384. The van der Waals surface area contributed by atoms with Crippen molar-refractivity contribution in [2.75, 3.05) is 18.5 Å². The maximum Gasteiger partial charge on any atom is 0.323 e. The number of carbonyl (C=O) groups is 1. The van der Waals surface area contributed by atoms with Gasteiger partial charge in [0.25, 0.3) is 5.69 Å². The highest BCUT2D eigenvalue weighted by molar-refractivity contribution is 7.99. The van der Waals surface area contributed by atoms with Gasteiger partial charge in [0.05, 0.1) is 16.5 Å². The number of ether oxygens (including phenoxy) is 1. The van der Waals surface area contributed by atoms with Crippen molar-refractivity contribution in [1.29, 1.82) is 0 Å². The van der Waals surface area contributed by atoms with Gasteiger partial charge >= 0.3 is 11.7 Å². The number of nitrogens with one attached hydrogen (secondary N) is 1. The average Bonchev–Trinajstić information content (AvgIpc) is 3.17. The Kier molecular flexibility index (Phi) is 6.41. The Hall–Kier alpha value is -3.74. The fourth-order valence-corrected chi connectivity index (χ4v) is 3.51. The molecule has 0 amide bonds. The van der Waals surface area contributed by atoms with Gasteiger partial charge in [-0.2, -0.15) is 0 Å². The summed E-state index contributed by atoms with van der Waals surface area (Å²) in [7, 11) is 0. The molecule has 3 rings (SSSR count). The molecule has 2 aromatic carbocycles. The lowest BCUT2D eigenvalue weighted by Gasteiger charge is -2.10. The highest BCUT2D eigenvalue weighted by Crippen LogP contribution is 2.41. The van der Waals surface area contributed by atoms with Gasteiger partial charge < -0.3 is 10.1 Å². The van der Waals surface area contributed by atoms with E-state index in [0.29, 0.717) is 22.8 Å². The lowest BCUT2D eigenvalue weighted by atomic mass is 10.2. The van der Waals surface area contributed by atoms with Crippen molar-refractivity contribution in [2.24, 2.45) is 0 Å². The van der Waals surface area contributed by atoms with E-state index in [1.807, 2.05) is 0 Å². The Balaban J connectivity index is 1.89. The number of anilines is 1. The summed E-state index contributed by atoms with van der Waals surface area (Å²) in [5, 5.41) is 32.8. The molecule has 30 heavy (non-hydrogen) atoms. The second-order valence-electron chi connectivity index (χ2n) is 5.96. The first kappa shape index (κ1) is 21.0. The Bertz CT molecular complexity index is 1100. The Morgan fingerprint density at radius 1 is 1.17 bits per heavy atom. The number of carbonyl (C=O) groups excluding carboxylic acids is 1. The monoisotopic (exact) mass is 433 g/mol. The normalized spacial score (nSPS) is 10.7. The maximum absolute atomic E-state index is 11.6. The van der Waals surface area contributed by atoms with Gasteiger partial charge in [-0.25, -0.2) is 4.63 Å². The second kappa shape index (κ2) is 9.17. The molecule has 0 unspecified atom stereocenters. The number of rotatable bonds is 9. The lowest BCUT2D eigenvalue weighted by Crippen LogP contribution is -2.09. The first-order valence-electron chi connectivity index (χ1n) is 8.60. The zero-order valence-electron chi connectivity index (χ0n) is 15.6. The van der Waals surface area contributed by atoms with Crippen LogP contribution < -0.4 is 5.32 Å². The van der Waals surface area contributed by atoms with Crippen molar-refractivity contribution < 1.29 is 24.0 Å². The number of nitrogens with zero attached hydrogens (tertiary/aromatic N) is 4. The van der Waals surface area contributed by atoms with E-state index in [-0.39, 0.29) is 34.7 Å². The fraction of sp³-hybridized carbons (Fsp3) is 0.235. The topological polar surface area (TPSA) is 164 Å². The molecule has 1 aromatic heterocycles. The van der Waals surface area contributed by atoms with E-state index in [0.717, 1.165) is 0 Å². The van der Waals surface area contributed by atoms with Crippen molar-refractivity contribution >= 4 is 45.8 Å². The molecule has 13 heteroatoms. The van der Waals surface area contributed by atoms with E-state index in [1.54, 1.807) is 18.2 Å². The van der Waals surface area contributed by atoms with E-state index < -0.39 is 15.8 Å². The van der Waals surface area contributed by atoms with Crippen LogP contribution >= 0.6 is 11.8 Å². The van der Waals surface area contributed by atoms with Crippen LogP contribution in [0.1, 0.15) is 13.3 Å². The molecule has 1 N–H and O–H groups in total. The number of fused-ring (bicyclic) bond motifs is 1. The molecule has 0 bridgehead atoms. The molecule has 0 aliphatic heterocycles. The van der Waals surface area contributed by atoms with Crippen molar-refractivity contribution in [1.82, 2.24) is 10.3 Å². The number of aromatic nitrogens is 2. The van der Waals surface area contributed by atoms with E-state index in [2.05, 4.69) is 15.6 Å². The minimum absolute atomic E-state index is 0.0191. The SMILES string of the molecule is CC(=O)OCCCNc1cc(Sc2ccc([N+](=O)[O-])cc2)c2nonc2c1[N+](=O)[O-]. The number of hydrogen-bond acceptors (Lipinski definition) is 11. The number of nitro benzene ring substituents is 2. The molecular formula is C17H15N5O7S. The van der Waals surface area contributed by atoms with E-state index in [1.165, 1.54) is 30.8 Å². The first-order chi connectivity index (χ1) is 14.4. The molecule has 156 valence electrons. The average molecular weight is 433 g/mol. The second-order valence-corrected chi connectivity index (χ2v) is 7.08. The molecule has 3 aromatic rings. The summed E-state index contributed by atoms with van der Waals surface area (Å²) in [6.07, 6.45) is 0.441. The third-order valence-electron chi connectivity index (χ3n) is 3.88. The highest BCUT2D eigenvalue weighted by Gasteiger charge is 2.26. The minimum Gasteiger partial charge on any atom is -0.466 e. The van der Waals surface area contributed by atoms with Crippen molar-refractivity contribution in [3.05, 3.63) is 50.6 Å². The van der Waals surface area contributed by atoms with Crippen LogP contribution in [0.15, 0.2) is 44.8 Å². The smallest absolute Gasteiger partial charge is 0.323 e. The Labute approximate surface area is 172 Å². The van der Waals surface area contributed by atoms with E-state index in [9.17, 15) is 25.0 Å². The summed E-state index contributed by atoms with van der Waals surface area (Å²) in [6.45, 7) is 1.78. The van der Waals surface area contributed by atoms with Gasteiger partial charge in [0, 0.05) is 35.4 Å². The summed E-state index contributed by atoms with van der Waals surface area (Å²) in [5.74, 6) is -0.405. The molecular weight excluding hydrogens is 418 g/mol. The van der Waals surface area contributed by atoms with Gasteiger partial charge in [-0.15, -0.1) is 0 Å². The molecule has 0 radical (unpaired) electrons. The summed E-state index contributed by atoms with van der Waals surface area (Å²) >= 11 is 1.21. The summed E-state index contributed by atoms with van der Waals surface area (Å²) in [4.78, 5) is 33.3. The maximum atomic E-state index is 11.6. The van der Waals surface area contributed by atoms with Crippen molar-refractivity contribution in [3.8, 4) is 0 Å². The Morgan fingerprint density at radius 2 is 1.87 bits per heavy atom. The standard InChI is InChI=1S/C17H15N5O7S/c1-10(23)28-8-2-7-18-13-9-14(15-16(20-29-19-15)17(13)22(26)27)30-12-5-3-11(4-6-12)21(24)25/h3-6,9,18H,2,7-8H2,1H3. The van der Waals surface area contributed by atoms with Crippen LogP contribution in [0.5, 0.6) is 0 Å². The molecule has 0 aliphatic carbocycles. The third-order valence-corrected chi connectivity index (χ3v) is 4.92. The number of benzene rings is 2. The molecule has 0 aliphatic rings. The van der Waals surface area contributed by atoms with Crippen LogP contribution in [0, 0.1) is 20.2 Å². The van der Waals surface area contributed by atoms with Gasteiger partial charge in [0.1, 0.15) is 5.69 Å². The van der Waals surface area contributed by atoms with Crippen LogP contribution in [-0.4, -0.2) is 39.3 Å². The minimum atomic E-state index is -0.582. The van der Waals surface area contributed by atoms with Gasteiger partial charge in [0.2, 0.25) is 5.52 Å². The predicted molar refractivity (Wildman–Crippen MR) is 105 cm³/mol. The van der Waals surface area contributed by atoms with Crippen LogP contribution in [0.3, 0.4) is 0 Å². The van der Waals surface area contributed by atoms with Crippen LogP contribution in [0.4, 0.5) is 17.1 Å². The van der Waals surface area contributed by atoms with E-state index >= 15 is 0 Å². The predicted octanol–water partition coefficient (Wildman–Crippen LogP) is 3.56. The summed E-state index contributed by atoms with van der Waals surface area (Å²) in [6, 6.07) is 7.40. The van der Waals surface area contributed by atoms with Crippen LogP contribution in [0.25, 0.3) is 11.0 Å². The van der Waals surface area contributed by atoms with Gasteiger partial charge in [-0.3, -0.25) is 25.0 Å². The quantitative estimate of drug-likeness (QED) is 0.227. The summed E-state index contributed by atoms with van der Waals surface area (Å²) in [5.41, 5.74) is 0.0542. The molecule has 0 atom stereocenters. The van der Waals surface area contributed by atoms with Crippen molar-refractivity contribution in [2.45, 2.75) is 23.1 Å². The summed E-state index contributed by atoms with van der Waals surface area (Å²) < 4.78 is 9.56. The van der Waals surface area contributed by atoms with Crippen LogP contribution in [0.2, 0.25) is 0 Å². The number of esters is 1. The molecule has 0 saturated heterocycles. The highest BCUT2D eigenvalue weighted by atomic mass is 32.2. The van der Waals surface area contributed by atoms with Gasteiger partial charge in [-0.05, 0) is 34.9 Å². The molecule has 0 spiro atoms. The number of non-ortho nitro benzene ring substituents is 1. The van der Waals surface area contributed by atoms with Gasteiger partial charge in [-0.1, -0.05) is 11.8 Å². The molecule has 12 nitrogen and oxygen atoms in total. The fourth-order valence-electron chi connectivity index (χ4n) is 2.57. The Morgan fingerprint density at radius 3 is 2.50 bits per heavy atom. The molecule has 0 fully saturated rings. The number of hydrogen-bond donors (Lipinski definition) is 1. The zero-order valence-corrected chi connectivity index (χ0v) is 16.4. The zero-order chi connectivity index (χ0) is 21.7. The van der Waals surface area contributed by atoms with Crippen LogP contribution in [-0.2, 0) is 9.53 Å². The number of nitro groups is 2. The molecule has 0 saturated carbocycles. The van der Waals surface area contributed by atoms with Crippen molar-refractivity contribution in [3.63, 3.8) is 0 Å². The third kappa shape index (κ3) is 4.81. The molecule has 1 heterocycles. The largest absolute Gasteiger partial charge is 0.466 e. The van der Waals surface area contributed by atoms with E-state index in [4.69, 9.17) is 9.37 Å². The first-order valence-corrected chi connectivity index (χ1v) is 9.41. The van der Waals surface area contributed by atoms with Gasteiger partial charge in [0.15, 0.2) is 5.52 Å².